The molecule has 1 amide bonds. The lowest BCUT2D eigenvalue weighted by Crippen LogP contribution is -2.22. The van der Waals surface area contributed by atoms with Crippen LogP contribution < -0.4 is 10.1 Å². The Morgan fingerprint density at radius 3 is 2.83 bits per heavy atom. The fraction of sp³-hybridized carbons (Fsp3) is 0.222. The van der Waals surface area contributed by atoms with Gasteiger partial charge in [0, 0.05) is 5.69 Å². The Kier molecular flexibility index (Phi) is 5.37. The van der Waals surface area contributed by atoms with Crippen LogP contribution in [-0.2, 0) is 4.79 Å². The van der Waals surface area contributed by atoms with E-state index in [1.54, 1.807) is 11.3 Å². The normalized spacial score (nSPS) is 12.1. The minimum atomic E-state index is -0.225. The first-order chi connectivity index (χ1) is 11.7. The molecule has 1 heterocycles. The number of thioether (sulfide) groups is 1. The number of aromatic nitrogens is 1. The summed E-state index contributed by atoms with van der Waals surface area (Å²) in [5.74, 6) is 0.820. The van der Waals surface area contributed by atoms with Gasteiger partial charge >= 0.3 is 0 Å². The van der Waals surface area contributed by atoms with Gasteiger partial charge in [0.15, 0.2) is 4.34 Å². The monoisotopic (exact) mass is 358 g/mol. The molecule has 6 heteroatoms. The minimum Gasteiger partial charge on any atom is -0.494 e. The van der Waals surface area contributed by atoms with Crippen LogP contribution in [0.5, 0.6) is 5.75 Å². The SMILES string of the molecule is CCOc1ccc2nc(S[C@H](C)C(=O)Nc3ccccc3)sc2c1. The van der Waals surface area contributed by atoms with Gasteiger partial charge in [-0.2, -0.15) is 0 Å². The number of carbonyl (C=O) groups excluding carboxylic acids is 1. The van der Waals surface area contributed by atoms with Crippen LogP contribution in [0, 0.1) is 0 Å². The second-order valence-electron chi connectivity index (χ2n) is 5.16. The molecule has 0 aliphatic carbocycles. The molecule has 0 fully saturated rings. The van der Waals surface area contributed by atoms with Crippen molar-refractivity contribution < 1.29 is 9.53 Å². The molecule has 3 rings (SSSR count). The number of nitrogens with zero attached hydrogens (tertiary/aromatic N) is 1. The fourth-order valence-electron chi connectivity index (χ4n) is 2.16. The maximum atomic E-state index is 12.3. The Balaban J connectivity index is 1.68. The molecule has 1 N–H and O–H groups in total. The number of thiazole rings is 1. The number of amides is 1. The number of hydrogen-bond donors (Lipinski definition) is 1. The number of benzene rings is 2. The second-order valence-corrected chi connectivity index (χ2v) is 7.78. The number of nitrogens with one attached hydrogen (secondary N) is 1. The molecule has 0 aliphatic rings. The van der Waals surface area contributed by atoms with E-state index in [9.17, 15) is 4.79 Å². The maximum absolute atomic E-state index is 12.3. The molecule has 0 aliphatic heterocycles. The van der Waals surface area contributed by atoms with E-state index in [0.717, 1.165) is 26.0 Å². The number of fused-ring (bicyclic) bond motifs is 1. The lowest BCUT2D eigenvalue weighted by atomic mass is 10.3. The molecule has 0 unspecified atom stereocenters. The molecule has 3 aromatic rings. The topological polar surface area (TPSA) is 51.2 Å². The predicted octanol–water partition coefficient (Wildman–Crippen LogP) is 4.81. The van der Waals surface area contributed by atoms with Crippen LogP contribution in [0.3, 0.4) is 0 Å². The Labute approximate surface area is 149 Å². The van der Waals surface area contributed by atoms with Gasteiger partial charge in [-0.25, -0.2) is 4.98 Å². The summed E-state index contributed by atoms with van der Waals surface area (Å²) in [6.07, 6.45) is 0. The zero-order valence-electron chi connectivity index (χ0n) is 13.5. The third kappa shape index (κ3) is 4.07. The average Bonchev–Trinajstić information content (AvgIpc) is 2.97. The van der Waals surface area contributed by atoms with Crippen molar-refractivity contribution in [3.05, 3.63) is 48.5 Å². The van der Waals surface area contributed by atoms with E-state index in [-0.39, 0.29) is 11.2 Å². The van der Waals surface area contributed by atoms with E-state index >= 15 is 0 Å². The van der Waals surface area contributed by atoms with E-state index < -0.39 is 0 Å². The van der Waals surface area contributed by atoms with Gasteiger partial charge < -0.3 is 10.1 Å². The predicted molar refractivity (Wildman–Crippen MR) is 101 cm³/mol. The third-order valence-corrected chi connectivity index (χ3v) is 5.55. The number of para-hydroxylation sites is 1. The van der Waals surface area contributed by atoms with Gasteiger partial charge in [-0.3, -0.25) is 4.79 Å². The number of hydrogen-bond acceptors (Lipinski definition) is 5. The molecule has 124 valence electrons. The largest absolute Gasteiger partial charge is 0.494 e. The van der Waals surface area contributed by atoms with E-state index in [1.807, 2.05) is 62.4 Å². The Morgan fingerprint density at radius 2 is 2.08 bits per heavy atom. The van der Waals surface area contributed by atoms with Gasteiger partial charge in [0.1, 0.15) is 5.75 Å². The first-order valence-corrected chi connectivity index (χ1v) is 9.41. The fourth-order valence-corrected chi connectivity index (χ4v) is 4.40. The van der Waals surface area contributed by atoms with Crippen LogP contribution in [0.4, 0.5) is 5.69 Å². The van der Waals surface area contributed by atoms with Crippen LogP contribution in [0.1, 0.15) is 13.8 Å². The highest BCUT2D eigenvalue weighted by molar-refractivity contribution is 8.02. The van der Waals surface area contributed by atoms with E-state index in [0.29, 0.717) is 6.61 Å². The van der Waals surface area contributed by atoms with Gasteiger partial charge in [-0.15, -0.1) is 11.3 Å². The average molecular weight is 358 g/mol. The zero-order chi connectivity index (χ0) is 16.9. The smallest absolute Gasteiger partial charge is 0.237 e. The summed E-state index contributed by atoms with van der Waals surface area (Å²) in [5, 5.41) is 2.69. The van der Waals surface area contributed by atoms with Gasteiger partial charge in [0.2, 0.25) is 5.91 Å². The molecule has 2 aromatic carbocycles. The van der Waals surface area contributed by atoms with Crippen molar-refractivity contribution >= 4 is 44.9 Å². The molecular weight excluding hydrogens is 340 g/mol. The maximum Gasteiger partial charge on any atom is 0.237 e. The number of rotatable bonds is 6. The van der Waals surface area contributed by atoms with Gasteiger partial charge in [-0.05, 0) is 44.2 Å². The summed E-state index contributed by atoms with van der Waals surface area (Å²) in [4.78, 5) is 16.9. The molecule has 0 radical (unpaired) electrons. The summed E-state index contributed by atoms with van der Waals surface area (Å²) < 4.78 is 7.47. The Bertz CT molecular complexity index is 833. The van der Waals surface area contributed by atoms with Crippen LogP contribution in [0.2, 0.25) is 0 Å². The summed E-state index contributed by atoms with van der Waals surface area (Å²) in [5.41, 5.74) is 1.74. The summed E-state index contributed by atoms with van der Waals surface area (Å²) >= 11 is 3.05. The van der Waals surface area contributed by atoms with Crippen molar-refractivity contribution in [2.24, 2.45) is 0 Å². The van der Waals surface area contributed by atoms with Crippen molar-refractivity contribution in [2.45, 2.75) is 23.4 Å². The molecule has 0 spiro atoms. The van der Waals surface area contributed by atoms with Crippen molar-refractivity contribution in [1.82, 2.24) is 4.98 Å². The van der Waals surface area contributed by atoms with E-state index in [4.69, 9.17) is 4.74 Å². The summed E-state index contributed by atoms with van der Waals surface area (Å²) in [7, 11) is 0. The van der Waals surface area contributed by atoms with Crippen molar-refractivity contribution in [3.8, 4) is 5.75 Å². The molecule has 24 heavy (non-hydrogen) atoms. The highest BCUT2D eigenvalue weighted by Crippen LogP contribution is 2.34. The molecule has 1 atom stereocenters. The summed E-state index contributed by atoms with van der Waals surface area (Å²) in [6, 6.07) is 15.3. The highest BCUT2D eigenvalue weighted by Gasteiger charge is 2.17. The Hall–Kier alpha value is -2.05. The van der Waals surface area contributed by atoms with Crippen molar-refractivity contribution in [1.29, 1.82) is 0 Å². The quantitative estimate of drug-likeness (QED) is 0.642. The van der Waals surface area contributed by atoms with Gasteiger partial charge in [0.25, 0.3) is 0 Å². The first kappa shape index (κ1) is 16.8. The molecule has 0 bridgehead atoms. The van der Waals surface area contributed by atoms with Gasteiger partial charge in [0.05, 0.1) is 22.1 Å². The van der Waals surface area contributed by atoms with Crippen molar-refractivity contribution in [3.63, 3.8) is 0 Å². The molecular formula is C18H18N2O2S2. The lowest BCUT2D eigenvalue weighted by Gasteiger charge is -2.10. The van der Waals surface area contributed by atoms with Crippen LogP contribution in [0.15, 0.2) is 52.9 Å². The molecule has 0 saturated heterocycles. The number of carbonyl (C=O) groups is 1. The first-order valence-electron chi connectivity index (χ1n) is 7.71. The minimum absolute atomic E-state index is 0.0274. The second kappa shape index (κ2) is 7.68. The van der Waals surface area contributed by atoms with Crippen LogP contribution in [-0.4, -0.2) is 22.7 Å². The molecule has 1 aromatic heterocycles. The van der Waals surface area contributed by atoms with E-state index in [1.165, 1.54) is 11.8 Å². The Morgan fingerprint density at radius 1 is 1.29 bits per heavy atom. The standard InChI is InChI=1S/C18H18N2O2S2/c1-3-22-14-9-10-15-16(11-14)24-18(20-15)23-12(2)17(21)19-13-7-5-4-6-8-13/h4-12H,3H2,1-2H3,(H,19,21)/t12-/m1/s1. The molecule has 0 saturated carbocycles. The lowest BCUT2D eigenvalue weighted by molar-refractivity contribution is -0.115. The molecule has 4 nitrogen and oxygen atoms in total. The van der Waals surface area contributed by atoms with Crippen LogP contribution >= 0.6 is 23.1 Å². The highest BCUT2D eigenvalue weighted by atomic mass is 32.2. The zero-order valence-corrected chi connectivity index (χ0v) is 15.1. The van der Waals surface area contributed by atoms with E-state index in [2.05, 4.69) is 10.3 Å². The van der Waals surface area contributed by atoms with Gasteiger partial charge in [-0.1, -0.05) is 30.0 Å². The van der Waals surface area contributed by atoms with Crippen LogP contribution in [0.25, 0.3) is 10.2 Å². The van der Waals surface area contributed by atoms with Crippen molar-refractivity contribution in [2.75, 3.05) is 11.9 Å². The number of ether oxygens (including phenoxy) is 1. The summed E-state index contributed by atoms with van der Waals surface area (Å²) in [6.45, 7) is 4.49. The number of anilines is 1. The third-order valence-electron chi connectivity index (χ3n) is 3.34.